The van der Waals surface area contributed by atoms with Gasteiger partial charge in [-0.1, -0.05) is 0 Å². The Morgan fingerprint density at radius 3 is 2.35 bits per heavy atom. The molecule has 0 aliphatic carbocycles. The molecule has 0 aromatic heterocycles. The predicted octanol–water partition coefficient (Wildman–Crippen LogP) is 1.02. The van der Waals surface area contributed by atoms with Gasteiger partial charge in [-0.15, -0.1) is 0 Å². The molecule has 1 amide bonds. The maximum Gasteiger partial charge on any atom is 0.410 e. The molecule has 1 saturated heterocycles. The van der Waals surface area contributed by atoms with Gasteiger partial charge in [0.15, 0.2) is 0 Å². The Hall–Kier alpha value is -1.44. The maximum atomic E-state index is 13.7. The van der Waals surface area contributed by atoms with E-state index in [1.807, 2.05) is 0 Å². The van der Waals surface area contributed by atoms with E-state index in [4.69, 9.17) is 4.74 Å². The third kappa shape index (κ3) is 3.78. The molecular formula is C12H19F2NO5. The number of carbonyl (C=O) groups excluding carboxylic acids is 2. The van der Waals surface area contributed by atoms with E-state index < -0.39 is 42.2 Å². The Morgan fingerprint density at radius 2 is 1.90 bits per heavy atom. The number of nitrogens with zero attached hydrogens (tertiary/aromatic N) is 1. The number of aliphatic hydroxyl groups is 1. The van der Waals surface area contributed by atoms with E-state index in [9.17, 15) is 23.5 Å². The molecule has 1 aliphatic rings. The standard InChI is InChI=1S/C12H19F2NO5/c1-11(2,3)20-10(18)15-5-7(9(17)19-4)8(16)12(13,14)6-15/h7-8,16H,5-6H2,1-4H3/t7-,8-/m0/s1. The number of hydrogen-bond donors (Lipinski definition) is 1. The van der Waals surface area contributed by atoms with Gasteiger partial charge < -0.3 is 19.5 Å². The number of halogens is 2. The highest BCUT2D eigenvalue weighted by Crippen LogP contribution is 2.32. The molecule has 0 aromatic rings. The fourth-order valence-electron chi connectivity index (χ4n) is 1.86. The SMILES string of the molecule is COC(=O)[C@H]1CN(C(=O)OC(C)(C)C)CC(F)(F)[C@H]1O. The van der Waals surface area contributed by atoms with Gasteiger partial charge in [0, 0.05) is 6.54 Å². The summed E-state index contributed by atoms with van der Waals surface area (Å²) in [6.45, 7) is 3.41. The summed E-state index contributed by atoms with van der Waals surface area (Å²) in [5.74, 6) is -6.10. The first-order chi connectivity index (χ1) is 8.98. The molecule has 0 saturated carbocycles. The lowest BCUT2D eigenvalue weighted by atomic mass is 9.92. The van der Waals surface area contributed by atoms with Crippen molar-refractivity contribution in [3.63, 3.8) is 0 Å². The highest BCUT2D eigenvalue weighted by Gasteiger charge is 2.53. The average Bonchev–Trinajstić information content (AvgIpc) is 2.29. The van der Waals surface area contributed by atoms with Crippen molar-refractivity contribution in [2.24, 2.45) is 5.92 Å². The van der Waals surface area contributed by atoms with E-state index in [-0.39, 0.29) is 6.54 Å². The Kier molecular flexibility index (Phi) is 4.58. The average molecular weight is 295 g/mol. The van der Waals surface area contributed by atoms with Crippen molar-refractivity contribution in [2.75, 3.05) is 20.2 Å². The molecule has 0 spiro atoms. The van der Waals surface area contributed by atoms with Gasteiger partial charge in [-0.3, -0.25) is 4.79 Å². The summed E-state index contributed by atoms with van der Waals surface area (Å²) < 4.78 is 36.7. The summed E-state index contributed by atoms with van der Waals surface area (Å²) >= 11 is 0. The van der Waals surface area contributed by atoms with Crippen LogP contribution >= 0.6 is 0 Å². The number of alkyl halides is 2. The molecule has 0 radical (unpaired) electrons. The lowest BCUT2D eigenvalue weighted by Gasteiger charge is -2.40. The Labute approximate surface area is 115 Å². The maximum absolute atomic E-state index is 13.7. The van der Waals surface area contributed by atoms with Crippen LogP contribution in [0.1, 0.15) is 20.8 Å². The first-order valence-electron chi connectivity index (χ1n) is 6.09. The van der Waals surface area contributed by atoms with E-state index >= 15 is 0 Å². The van der Waals surface area contributed by atoms with Crippen LogP contribution in [0.4, 0.5) is 13.6 Å². The number of piperidine rings is 1. The molecule has 1 N–H and O–H groups in total. The zero-order valence-electron chi connectivity index (χ0n) is 11.9. The van der Waals surface area contributed by atoms with E-state index in [1.165, 1.54) is 0 Å². The van der Waals surface area contributed by atoms with Gasteiger partial charge >= 0.3 is 12.1 Å². The van der Waals surface area contributed by atoms with Gasteiger partial charge in [-0.25, -0.2) is 13.6 Å². The number of esters is 1. The topological polar surface area (TPSA) is 76.1 Å². The van der Waals surface area contributed by atoms with Gasteiger partial charge in [0.2, 0.25) is 0 Å². The number of carbonyl (C=O) groups is 2. The molecule has 8 heteroatoms. The second-order valence-electron chi connectivity index (χ2n) is 5.70. The molecular weight excluding hydrogens is 276 g/mol. The molecule has 0 aromatic carbocycles. The number of rotatable bonds is 1. The van der Waals surface area contributed by atoms with Crippen molar-refractivity contribution in [1.82, 2.24) is 4.90 Å². The molecule has 116 valence electrons. The van der Waals surface area contributed by atoms with Crippen molar-refractivity contribution in [3.8, 4) is 0 Å². The van der Waals surface area contributed by atoms with Gasteiger partial charge in [0.1, 0.15) is 17.6 Å². The van der Waals surface area contributed by atoms with Crippen LogP contribution in [-0.4, -0.2) is 59.9 Å². The molecule has 1 heterocycles. The fourth-order valence-corrected chi connectivity index (χ4v) is 1.86. The van der Waals surface area contributed by atoms with Gasteiger partial charge in [0.05, 0.1) is 13.7 Å². The second-order valence-corrected chi connectivity index (χ2v) is 5.70. The summed E-state index contributed by atoms with van der Waals surface area (Å²) in [7, 11) is 1.03. The van der Waals surface area contributed by atoms with Crippen LogP contribution < -0.4 is 0 Å². The van der Waals surface area contributed by atoms with Crippen LogP contribution in [0.15, 0.2) is 0 Å². The molecule has 1 fully saturated rings. The number of hydrogen-bond acceptors (Lipinski definition) is 5. The number of amides is 1. The third-order valence-corrected chi connectivity index (χ3v) is 2.79. The first-order valence-corrected chi connectivity index (χ1v) is 6.09. The van der Waals surface area contributed by atoms with Crippen LogP contribution in [0.25, 0.3) is 0 Å². The number of methoxy groups -OCH3 is 1. The van der Waals surface area contributed by atoms with E-state index in [1.54, 1.807) is 20.8 Å². The molecule has 6 nitrogen and oxygen atoms in total. The highest BCUT2D eigenvalue weighted by molar-refractivity contribution is 5.76. The fraction of sp³-hybridized carbons (Fsp3) is 0.833. The van der Waals surface area contributed by atoms with Crippen LogP contribution in [0.2, 0.25) is 0 Å². The van der Waals surface area contributed by atoms with Crippen LogP contribution in [0.5, 0.6) is 0 Å². The molecule has 1 aliphatic heterocycles. The summed E-state index contributed by atoms with van der Waals surface area (Å²) in [6.07, 6.45) is -3.15. The normalized spacial score (nSPS) is 26.1. The highest BCUT2D eigenvalue weighted by atomic mass is 19.3. The first kappa shape index (κ1) is 16.6. The van der Waals surface area contributed by atoms with Crippen molar-refractivity contribution in [3.05, 3.63) is 0 Å². The molecule has 0 unspecified atom stereocenters. The van der Waals surface area contributed by atoms with Crippen molar-refractivity contribution in [2.45, 2.75) is 38.4 Å². The van der Waals surface area contributed by atoms with Crippen LogP contribution in [-0.2, 0) is 14.3 Å². The van der Waals surface area contributed by atoms with E-state index in [2.05, 4.69) is 4.74 Å². The summed E-state index contributed by atoms with van der Waals surface area (Å²) in [4.78, 5) is 23.9. The van der Waals surface area contributed by atoms with Crippen molar-refractivity contribution >= 4 is 12.1 Å². The number of aliphatic hydroxyl groups excluding tert-OH is 1. The lowest BCUT2D eigenvalue weighted by Crippen LogP contribution is -2.60. The monoisotopic (exact) mass is 295 g/mol. The lowest BCUT2D eigenvalue weighted by molar-refractivity contribution is -0.189. The molecule has 20 heavy (non-hydrogen) atoms. The number of ether oxygens (including phenoxy) is 2. The van der Waals surface area contributed by atoms with E-state index in [0.717, 1.165) is 7.11 Å². The van der Waals surface area contributed by atoms with Crippen LogP contribution in [0, 0.1) is 5.92 Å². The molecule has 0 bridgehead atoms. The van der Waals surface area contributed by atoms with Gasteiger partial charge in [-0.05, 0) is 20.8 Å². The zero-order valence-corrected chi connectivity index (χ0v) is 11.9. The summed E-state index contributed by atoms with van der Waals surface area (Å²) in [5, 5.41) is 9.50. The Morgan fingerprint density at radius 1 is 1.35 bits per heavy atom. The zero-order chi connectivity index (χ0) is 15.7. The Balaban J connectivity index is 2.90. The second kappa shape index (κ2) is 5.51. The Bertz CT molecular complexity index is 394. The quantitative estimate of drug-likeness (QED) is 0.731. The minimum atomic E-state index is -3.60. The largest absolute Gasteiger partial charge is 0.469 e. The number of likely N-dealkylation sites (tertiary alicyclic amines) is 1. The predicted molar refractivity (Wildman–Crippen MR) is 64.3 cm³/mol. The van der Waals surface area contributed by atoms with Crippen molar-refractivity contribution in [1.29, 1.82) is 0 Å². The van der Waals surface area contributed by atoms with E-state index in [0.29, 0.717) is 4.90 Å². The van der Waals surface area contributed by atoms with Gasteiger partial charge in [0.25, 0.3) is 5.92 Å². The third-order valence-electron chi connectivity index (χ3n) is 2.79. The van der Waals surface area contributed by atoms with Gasteiger partial charge in [-0.2, -0.15) is 0 Å². The molecule has 2 atom stereocenters. The van der Waals surface area contributed by atoms with Crippen molar-refractivity contribution < 1.29 is 33.0 Å². The van der Waals surface area contributed by atoms with Crippen LogP contribution in [0.3, 0.4) is 0 Å². The minimum Gasteiger partial charge on any atom is -0.469 e. The minimum absolute atomic E-state index is 0.377. The smallest absolute Gasteiger partial charge is 0.410 e. The summed E-state index contributed by atoms with van der Waals surface area (Å²) in [6, 6.07) is 0. The summed E-state index contributed by atoms with van der Waals surface area (Å²) in [5.41, 5.74) is -0.844. The molecule has 1 rings (SSSR count).